The van der Waals surface area contributed by atoms with Crippen LogP contribution in [0.5, 0.6) is 23.0 Å². The van der Waals surface area contributed by atoms with Crippen LogP contribution in [0.1, 0.15) is 11.3 Å². The highest BCUT2D eigenvalue weighted by Gasteiger charge is 2.80. The van der Waals surface area contributed by atoms with Crippen molar-refractivity contribution < 1.29 is 110 Å². The molecule has 0 saturated carbocycles. The predicted molar refractivity (Wildman–Crippen MR) is 396 cm³/mol. The van der Waals surface area contributed by atoms with Crippen molar-refractivity contribution in [2.24, 2.45) is 0 Å². The van der Waals surface area contributed by atoms with Crippen LogP contribution in [0.4, 0.5) is 67.1 Å². The van der Waals surface area contributed by atoms with Gasteiger partial charge < -0.3 is 37.9 Å². The zero-order chi connectivity index (χ0) is 84.6. The molecular formula is C72H75N32O22+. The molecule has 0 N–H and O–H groups in total. The molecule has 0 spiro atoms. The van der Waals surface area contributed by atoms with Crippen LogP contribution in [0.2, 0.25) is 0 Å². The molecule has 0 atom stereocenters. The zero-order valence-electron chi connectivity index (χ0n) is 66.7. The van der Waals surface area contributed by atoms with Gasteiger partial charge in [-0.3, -0.25) is 137 Å². The van der Waals surface area contributed by atoms with E-state index in [2.05, 4.69) is 33.2 Å². The molecule has 2 aromatic heterocycles. The van der Waals surface area contributed by atoms with Gasteiger partial charge in [0.25, 0.3) is 5.85 Å². The zero-order valence-corrected chi connectivity index (χ0v) is 66.7. The molecular weight excluding hydrogens is 1660 g/mol. The van der Waals surface area contributed by atoms with Gasteiger partial charge in [0.05, 0.1) is 77.0 Å². The quantitative estimate of drug-likeness (QED) is 0.0719. The SMILES string of the molecule is COc1ccc2cc3[n+](cc2c1OCCOCCOCCOCCn1cc(COC24C5N6CN7C(=O)N8CN9C(=O)N%10CN%11C(=O)N%12CN%13C(=O)N%14CN%15C(=O)N%16CN%17C(=O)N(CN2C6=O)C2C%17N6CN%17C(=O)N(CN%18C(=O)N(CN%19C(=O)N(CN%20C(=O)N(CN%21C(=O)N(CN5C(=O)N4CN2C6=O)C7C8%21)C9C%10%20)C%11C%12%19)C%13C%14%18)C%15C%16%17)nn1)CCc1cc2c(cc1-3)OCO2. The van der Waals surface area contributed by atoms with Crippen molar-refractivity contribution >= 4 is 95.2 Å². The molecule has 0 radical (unpaired) electrons. The number of aryl methyl sites for hydroxylation is 2. The van der Waals surface area contributed by atoms with Crippen LogP contribution in [0.15, 0.2) is 42.7 Å². The van der Waals surface area contributed by atoms with Gasteiger partial charge in [-0.1, -0.05) is 5.21 Å². The van der Waals surface area contributed by atoms with Gasteiger partial charge in [0, 0.05) is 12.5 Å². The number of carbonyl (C=O) groups is 14. The highest BCUT2D eigenvalue weighted by atomic mass is 16.7. The number of pyridine rings is 1. The van der Waals surface area contributed by atoms with Gasteiger partial charge in [-0.25, -0.2) is 71.8 Å². The summed E-state index contributed by atoms with van der Waals surface area (Å²) in [5.41, 5.74) is 3.51. The second-order valence-electron chi connectivity index (χ2n) is 35.0. The minimum Gasteiger partial charge on any atom is -0.493 e. The normalized spacial score (nSPS) is 32.1. The van der Waals surface area contributed by atoms with E-state index in [1.807, 2.05) is 18.2 Å². The summed E-state index contributed by atoms with van der Waals surface area (Å²) in [6.07, 6.45) is -13.0. The number of hydrogen-bond donors (Lipinski definition) is 0. The topological polar surface area (TPSA) is 438 Å². The van der Waals surface area contributed by atoms with Crippen LogP contribution in [-0.4, -0.2) is 476 Å². The molecule has 0 aliphatic carbocycles. The van der Waals surface area contributed by atoms with Crippen molar-refractivity contribution in [3.05, 3.63) is 54.0 Å². The van der Waals surface area contributed by atoms with Crippen molar-refractivity contribution in [2.45, 2.75) is 112 Å². The number of ether oxygens (including phenoxy) is 8. The second kappa shape index (κ2) is 24.0. The maximum Gasteiger partial charge on any atom is 0.328 e. The molecule has 27 rings (SSSR count). The average Bonchev–Trinajstić information content (AvgIpc) is 1.50. The highest BCUT2D eigenvalue weighted by molar-refractivity contribution is 5.97. The number of rotatable bonds is 17. The van der Waals surface area contributed by atoms with Gasteiger partial charge in [-0.2, -0.15) is 4.57 Å². The predicted octanol–water partition coefficient (Wildman–Crippen LogP) is -3.94. The van der Waals surface area contributed by atoms with Gasteiger partial charge in [-0.05, 0) is 35.2 Å². The van der Waals surface area contributed by atoms with E-state index in [1.165, 1.54) is 138 Å². The molecule has 2 aromatic carbocycles. The van der Waals surface area contributed by atoms with Crippen molar-refractivity contribution in [1.82, 2.24) is 152 Å². The van der Waals surface area contributed by atoms with Crippen molar-refractivity contribution in [2.75, 3.05) is 154 Å². The van der Waals surface area contributed by atoms with Crippen LogP contribution >= 0.6 is 0 Å². The monoisotopic (exact) mass is 1740 g/mol. The van der Waals surface area contributed by atoms with E-state index in [0.717, 1.165) is 56.3 Å². The summed E-state index contributed by atoms with van der Waals surface area (Å²) in [5.74, 6) is 0.248. The molecule has 23 aliphatic rings. The standard InChI is InChI=1S/C72H75N32O22/c1-119-41-3-2-35-14-40-38-16-43-42(124-34-125-43)15-36(38)4-5-75(40)18-39(35)44(41)123-13-12-122-11-10-121-9-8-120-7-6-76-17-37(73-74-76)19-126-72-57-101-30-97-54-53-93(66(97)113)26-89-50-49-85(62(89)109)22-81-46-45-77(58(81)105)20-79-47-48-83(60(79)107)24-87-51-52-91(64(87)111)28-95-55-56(99(68(95)115)32-103(72)70(101)117)100-33-104(72)71(118)102(57)31-98(54)67(114)94(53)27-90(50)63(110)86(49)23-82(46)59(106)78(45)21-80(47)61(108)84(48)25-88(51)65(112)92(52)29-96(55)69(100)116/h2-3,14-18,45-57H,4-13,19-34H2,1H3/q+1. The lowest BCUT2D eigenvalue weighted by Gasteiger charge is -2.47. The van der Waals surface area contributed by atoms with E-state index in [1.54, 1.807) is 13.3 Å². The first-order valence-corrected chi connectivity index (χ1v) is 41.7. The summed E-state index contributed by atoms with van der Waals surface area (Å²) in [6, 6.07) is -0.932. The molecule has 654 valence electrons. The van der Waals surface area contributed by atoms with E-state index in [9.17, 15) is 0 Å². The maximum absolute atomic E-state index is 16.5. The van der Waals surface area contributed by atoms with Gasteiger partial charge in [0.2, 0.25) is 12.5 Å². The molecule has 4 aromatic rings. The highest BCUT2D eigenvalue weighted by Crippen LogP contribution is 2.56. The summed E-state index contributed by atoms with van der Waals surface area (Å²) in [6.45, 7) is -6.40. The van der Waals surface area contributed by atoms with Crippen LogP contribution in [0.25, 0.3) is 22.0 Å². The third-order valence-corrected chi connectivity index (χ3v) is 29.6. The van der Waals surface area contributed by atoms with E-state index >= 15 is 67.1 Å². The molecule has 28 amide bonds. The van der Waals surface area contributed by atoms with Crippen molar-refractivity contribution in [1.29, 1.82) is 0 Å². The Kier molecular flexibility index (Phi) is 13.6. The summed E-state index contributed by atoms with van der Waals surface area (Å²) in [7, 11) is 1.60. The summed E-state index contributed by atoms with van der Waals surface area (Å²) >= 11 is 0. The fraction of sp³-hybridized carbons (Fsp3) is 0.569. The molecule has 23 aliphatic heterocycles. The number of nitrogens with zero attached hydrogens (tertiary/aromatic N) is 32. The number of fused-ring (bicyclic) bond motifs is 5. The van der Waals surface area contributed by atoms with E-state index in [0.29, 0.717) is 11.5 Å². The fourth-order valence-corrected chi connectivity index (χ4v) is 24.2. The smallest absolute Gasteiger partial charge is 0.328 e. The number of carbonyl (C=O) groups excluding carboxylic acids is 14. The lowest BCUT2D eigenvalue weighted by molar-refractivity contribution is -0.686. The number of aromatic nitrogens is 4. The molecule has 54 heteroatoms. The first-order valence-electron chi connectivity index (χ1n) is 41.7. The molecule has 54 nitrogen and oxygen atoms in total. The molecule has 126 heavy (non-hydrogen) atoms. The summed E-state index contributed by atoms with van der Waals surface area (Å²) in [4.78, 5) is 258. The van der Waals surface area contributed by atoms with E-state index < -0.39 is 270 Å². The van der Waals surface area contributed by atoms with Crippen molar-refractivity contribution in [3.63, 3.8) is 0 Å². The lowest BCUT2D eigenvalue weighted by atomic mass is 9.95. The largest absolute Gasteiger partial charge is 0.493 e. The van der Waals surface area contributed by atoms with Crippen LogP contribution in [0, 0.1) is 0 Å². The molecule has 0 unspecified atom stereocenters. The minimum atomic E-state index is -2.44. The summed E-state index contributed by atoms with van der Waals surface area (Å²) < 4.78 is 52.0. The van der Waals surface area contributed by atoms with Crippen LogP contribution in [-0.2, 0) is 45.1 Å². The number of benzene rings is 2. The number of methoxy groups -OCH3 is 1. The number of amides is 28. The van der Waals surface area contributed by atoms with E-state index in [-0.39, 0.29) is 65.3 Å². The first-order chi connectivity index (χ1) is 61.3. The Morgan fingerprint density at radius 3 is 1.11 bits per heavy atom. The molecule has 21 fully saturated rings. The Bertz CT molecular complexity index is 5590. The molecule has 25 heterocycles. The van der Waals surface area contributed by atoms with Crippen LogP contribution < -0.4 is 23.5 Å². The van der Waals surface area contributed by atoms with Gasteiger partial charge in [0.1, 0.15) is 106 Å². The number of urea groups is 14. The Morgan fingerprint density at radius 2 is 0.738 bits per heavy atom. The number of hydrogen-bond acceptors (Lipinski definition) is 24. The van der Waals surface area contributed by atoms with Gasteiger partial charge in [0.15, 0.2) is 116 Å². The average molecular weight is 1740 g/mol. The third kappa shape index (κ3) is 8.47. The minimum absolute atomic E-state index is 0.138. The Labute approximate surface area is 708 Å². The van der Waals surface area contributed by atoms with Crippen LogP contribution in [0.3, 0.4) is 0 Å². The third-order valence-electron chi connectivity index (χ3n) is 29.6. The van der Waals surface area contributed by atoms with Crippen molar-refractivity contribution in [3.8, 4) is 34.3 Å². The second-order valence-corrected chi connectivity index (χ2v) is 35.0. The summed E-state index contributed by atoms with van der Waals surface area (Å²) in [5, 5.41) is 10.7. The Balaban J connectivity index is 0.473. The molecule has 21 saturated heterocycles. The molecule has 0 bridgehead atoms. The Hall–Kier alpha value is -14.2. The first kappa shape index (κ1) is 71.3. The fourth-order valence-electron chi connectivity index (χ4n) is 24.2. The van der Waals surface area contributed by atoms with Gasteiger partial charge in [-0.15, -0.1) is 5.10 Å². The lowest BCUT2D eigenvalue weighted by Crippen LogP contribution is -2.69. The Morgan fingerprint density at radius 1 is 0.397 bits per heavy atom. The maximum atomic E-state index is 16.5. The van der Waals surface area contributed by atoms with E-state index in [4.69, 9.17) is 37.9 Å². The van der Waals surface area contributed by atoms with Gasteiger partial charge >= 0.3 is 84.4 Å².